The maximum absolute atomic E-state index is 13.3. The Bertz CT molecular complexity index is 1050. The van der Waals surface area contributed by atoms with Gasteiger partial charge in [0.2, 0.25) is 5.91 Å². The third-order valence-corrected chi connectivity index (χ3v) is 7.01. The molecule has 0 radical (unpaired) electrons. The number of amides is 2. The number of likely N-dealkylation sites (tertiary alicyclic amines) is 1. The molecule has 7 heteroatoms. The SMILES string of the molecule is CC(C)C[C@@H](NC(=O)OCC1c2ccccc2-c2ccccc21)C(=O)N1CCCC1(C)C(=O)O. The van der Waals surface area contributed by atoms with Gasteiger partial charge in [-0.2, -0.15) is 0 Å². The van der Waals surface area contributed by atoms with Crippen LogP contribution in [0, 0.1) is 5.92 Å². The fraction of sp³-hybridized carbons (Fsp3) is 0.444. The molecular weight excluding hydrogens is 432 g/mol. The van der Waals surface area contributed by atoms with Gasteiger partial charge < -0.3 is 20.1 Å². The minimum atomic E-state index is -1.25. The molecule has 1 aliphatic carbocycles. The zero-order chi connectivity index (χ0) is 24.5. The standard InChI is InChI=1S/C27H32N2O5/c1-17(2)15-23(24(30)29-14-8-13-27(29,3)25(31)32)28-26(33)34-16-22-20-11-6-4-9-18(20)19-10-5-7-12-21(19)22/h4-7,9-12,17,22-23H,8,13-16H2,1-3H3,(H,28,33)(H,31,32)/t23-,27?/m1/s1. The van der Waals surface area contributed by atoms with Crippen molar-refractivity contribution in [2.24, 2.45) is 5.92 Å². The molecule has 2 N–H and O–H groups in total. The normalized spacial score (nSPS) is 20.1. The van der Waals surface area contributed by atoms with Gasteiger partial charge in [-0.25, -0.2) is 9.59 Å². The Morgan fingerprint density at radius 3 is 2.24 bits per heavy atom. The molecule has 34 heavy (non-hydrogen) atoms. The zero-order valence-electron chi connectivity index (χ0n) is 19.9. The Hall–Kier alpha value is -3.35. The van der Waals surface area contributed by atoms with Crippen LogP contribution in [0.25, 0.3) is 11.1 Å². The second-order valence-corrected chi connectivity index (χ2v) is 9.82. The summed E-state index contributed by atoms with van der Waals surface area (Å²) in [5, 5.41) is 12.4. The van der Waals surface area contributed by atoms with Crippen molar-refractivity contribution in [3.05, 3.63) is 59.7 Å². The number of carboxylic acid groups (broad SMARTS) is 1. The lowest BCUT2D eigenvalue weighted by atomic mass is 9.97. The van der Waals surface area contributed by atoms with Gasteiger partial charge in [-0.15, -0.1) is 0 Å². The second kappa shape index (κ2) is 9.49. The van der Waals surface area contributed by atoms with E-state index in [0.717, 1.165) is 22.3 Å². The Labute approximate surface area is 200 Å². The van der Waals surface area contributed by atoms with E-state index in [4.69, 9.17) is 4.74 Å². The number of fused-ring (bicyclic) bond motifs is 3. The summed E-state index contributed by atoms with van der Waals surface area (Å²) < 4.78 is 5.63. The van der Waals surface area contributed by atoms with Crippen molar-refractivity contribution in [3.8, 4) is 11.1 Å². The number of nitrogens with zero attached hydrogens (tertiary/aromatic N) is 1. The van der Waals surface area contributed by atoms with E-state index in [1.54, 1.807) is 6.92 Å². The highest BCUT2D eigenvalue weighted by Crippen LogP contribution is 2.44. The maximum atomic E-state index is 13.3. The Balaban J connectivity index is 1.46. The van der Waals surface area contributed by atoms with Crippen LogP contribution in [-0.2, 0) is 14.3 Å². The predicted molar refractivity (Wildman–Crippen MR) is 128 cm³/mol. The molecule has 180 valence electrons. The summed E-state index contributed by atoms with van der Waals surface area (Å²) in [4.78, 5) is 39.4. The molecule has 1 saturated heterocycles. The van der Waals surface area contributed by atoms with Crippen LogP contribution < -0.4 is 5.32 Å². The van der Waals surface area contributed by atoms with Crippen LogP contribution in [0.2, 0.25) is 0 Å². The summed E-state index contributed by atoms with van der Waals surface area (Å²) in [7, 11) is 0. The third kappa shape index (κ3) is 4.39. The lowest BCUT2D eigenvalue weighted by Crippen LogP contribution is -2.57. The van der Waals surface area contributed by atoms with Gasteiger partial charge in [0.25, 0.3) is 0 Å². The average molecular weight is 465 g/mol. The van der Waals surface area contributed by atoms with E-state index in [1.807, 2.05) is 50.2 Å². The first-order chi connectivity index (χ1) is 16.2. The number of hydrogen-bond acceptors (Lipinski definition) is 4. The van der Waals surface area contributed by atoms with Gasteiger partial charge in [0, 0.05) is 12.5 Å². The summed E-state index contributed by atoms with van der Waals surface area (Å²) in [5.74, 6) is -1.35. The van der Waals surface area contributed by atoms with Crippen molar-refractivity contribution < 1.29 is 24.2 Å². The lowest BCUT2D eigenvalue weighted by Gasteiger charge is -2.34. The number of nitrogens with one attached hydrogen (secondary N) is 1. The van der Waals surface area contributed by atoms with Crippen LogP contribution in [0.15, 0.2) is 48.5 Å². The summed E-state index contributed by atoms with van der Waals surface area (Å²) in [5.41, 5.74) is 3.25. The number of alkyl carbamates (subject to hydrolysis) is 1. The van der Waals surface area contributed by atoms with Gasteiger partial charge in [0.15, 0.2) is 0 Å². The maximum Gasteiger partial charge on any atom is 0.407 e. The number of aliphatic carboxylic acids is 1. The Morgan fingerprint density at radius 2 is 1.68 bits per heavy atom. The summed E-state index contributed by atoms with van der Waals surface area (Å²) in [6.45, 7) is 6.00. The van der Waals surface area contributed by atoms with E-state index < -0.39 is 23.6 Å². The van der Waals surface area contributed by atoms with Crippen molar-refractivity contribution in [1.29, 1.82) is 0 Å². The van der Waals surface area contributed by atoms with Gasteiger partial charge in [-0.3, -0.25) is 4.79 Å². The van der Waals surface area contributed by atoms with Crippen LogP contribution >= 0.6 is 0 Å². The van der Waals surface area contributed by atoms with Gasteiger partial charge in [-0.1, -0.05) is 62.4 Å². The highest BCUT2D eigenvalue weighted by Gasteiger charge is 2.47. The van der Waals surface area contributed by atoms with E-state index in [2.05, 4.69) is 17.4 Å². The fourth-order valence-electron chi connectivity index (χ4n) is 5.20. The Morgan fingerprint density at radius 1 is 1.09 bits per heavy atom. The molecule has 2 amide bonds. The number of benzene rings is 2. The van der Waals surface area contributed by atoms with Crippen LogP contribution in [0.5, 0.6) is 0 Å². The molecule has 4 rings (SSSR count). The van der Waals surface area contributed by atoms with Gasteiger partial charge in [-0.05, 0) is 54.4 Å². The van der Waals surface area contributed by atoms with E-state index in [0.29, 0.717) is 25.8 Å². The van der Waals surface area contributed by atoms with Crippen molar-refractivity contribution in [2.75, 3.05) is 13.2 Å². The highest BCUT2D eigenvalue weighted by atomic mass is 16.5. The second-order valence-electron chi connectivity index (χ2n) is 9.82. The van der Waals surface area contributed by atoms with Gasteiger partial charge in [0.1, 0.15) is 18.2 Å². The quantitative estimate of drug-likeness (QED) is 0.633. The van der Waals surface area contributed by atoms with Crippen LogP contribution in [-0.4, -0.2) is 52.7 Å². The average Bonchev–Trinajstić information content (AvgIpc) is 3.35. The molecule has 7 nitrogen and oxygen atoms in total. The predicted octanol–water partition coefficient (Wildman–Crippen LogP) is 4.41. The molecule has 1 unspecified atom stereocenters. The number of carboxylic acids is 1. The zero-order valence-corrected chi connectivity index (χ0v) is 19.9. The van der Waals surface area contributed by atoms with Crippen molar-refractivity contribution >= 4 is 18.0 Å². The number of ether oxygens (including phenoxy) is 1. The van der Waals surface area contributed by atoms with Crippen LogP contribution in [0.1, 0.15) is 57.1 Å². The lowest BCUT2D eigenvalue weighted by molar-refractivity contribution is -0.156. The molecule has 2 aliphatic rings. The molecule has 0 aromatic heterocycles. The number of carbonyl (C=O) groups excluding carboxylic acids is 2. The molecule has 2 atom stereocenters. The molecule has 0 spiro atoms. The van der Waals surface area contributed by atoms with Crippen LogP contribution in [0.4, 0.5) is 4.79 Å². The first kappa shape index (κ1) is 23.8. The first-order valence-electron chi connectivity index (χ1n) is 11.9. The first-order valence-corrected chi connectivity index (χ1v) is 11.9. The molecular formula is C27H32N2O5. The van der Waals surface area contributed by atoms with E-state index in [1.165, 1.54) is 4.90 Å². The minimum Gasteiger partial charge on any atom is -0.480 e. The van der Waals surface area contributed by atoms with E-state index in [9.17, 15) is 19.5 Å². The van der Waals surface area contributed by atoms with E-state index >= 15 is 0 Å². The number of hydrogen-bond donors (Lipinski definition) is 2. The van der Waals surface area contributed by atoms with Gasteiger partial charge in [0.05, 0.1) is 0 Å². The smallest absolute Gasteiger partial charge is 0.407 e. The monoisotopic (exact) mass is 464 g/mol. The number of rotatable bonds is 7. The summed E-state index contributed by atoms with van der Waals surface area (Å²) in [6, 6.07) is 15.3. The molecule has 1 aliphatic heterocycles. The van der Waals surface area contributed by atoms with Crippen molar-refractivity contribution in [1.82, 2.24) is 10.2 Å². The molecule has 0 bridgehead atoms. The molecule has 2 aromatic rings. The third-order valence-electron chi connectivity index (χ3n) is 7.01. The molecule has 2 aromatic carbocycles. The topological polar surface area (TPSA) is 95.9 Å². The van der Waals surface area contributed by atoms with Crippen molar-refractivity contribution in [3.63, 3.8) is 0 Å². The largest absolute Gasteiger partial charge is 0.480 e. The highest BCUT2D eigenvalue weighted by molar-refractivity contribution is 5.91. The van der Waals surface area contributed by atoms with Gasteiger partial charge >= 0.3 is 12.1 Å². The molecule has 1 fully saturated rings. The Kier molecular flexibility index (Phi) is 6.64. The molecule has 0 saturated carbocycles. The summed E-state index contributed by atoms with van der Waals surface area (Å²) in [6.07, 6.45) is 0.744. The fourth-order valence-corrected chi connectivity index (χ4v) is 5.20. The van der Waals surface area contributed by atoms with E-state index in [-0.39, 0.29) is 24.3 Å². The number of carbonyl (C=O) groups is 3. The minimum absolute atomic E-state index is 0.0775. The van der Waals surface area contributed by atoms with Crippen molar-refractivity contribution in [2.45, 2.75) is 57.5 Å². The van der Waals surface area contributed by atoms with Crippen LogP contribution in [0.3, 0.4) is 0 Å². The molecule has 1 heterocycles. The summed E-state index contributed by atoms with van der Waals surface area (Å²) >= 11 is 0.